The molecule has 0 radical (unpaired) electrons. The number of H-pyrrole nitrogens is 1. The molecule has 0 saturated carbocycles. The minimum atomic E-state index is 0.269. The van der Waals surface area contributed by atoms with Crippen LogP contribution in [-0.2, 0) is 0 Å². The van der Waals surface area contributed by atoms with Gasteiger partial charge in [0.15, 0.2) is 0 Å². The second kappa shape index (κ2) is 5.61. The largest absolute Gasteiger partial charge is 0.490 e. The highest BCUT2D eigenvalue weighted by molar-refractivity contribution is 7.09. The highest BCUT2D eigenvalue weighted by Crippen LogP contribution is 2.28. The lowest BCUT2D eigenvalue weighted by atomic mass is 10.1. The maximum atomic E-state index is 6.24. The molecule has 4 rings (SSSR count). The Morgan fingerprint density at radius 3 is 2.91 bits per heavy atom. The summed E-state index contributed by atoms with van der Waals surface area (Å²) < 4.78 is 10.5. The molecule has 0 atom stereocenters. The number of nitrogens with zero attached hydrogens (tertiary/aromatic N) is 3. The lowest BCUT2D eigenvalue weighted by Crippen LogP contribution is -2.38. The zero-order chi connectivity index (χ0) is 14.9. The number of nitrogens with one attached hydrogen (secondary N) is 1. The summed E-state index contributed by atoms with van der Waals surface area (Å²) >= 11 is 1.48. The third-order valence-electron chi connectivity index (χ3n) is 4.08. The van der Waals surface area contributed by atoms with E-state index in [1.165, 1.54) is 11.5 Å². The van der Waals surface area contributed by atoms with Gasteiger partial charge < -0.3 is 14.6 Å². The van der Waals surface area contributed by atoms with Gasteiger partial charge in [0.2, 0.25) is 5.13 Å². The van der Waals surface area contributed by atoms with E-state index in [1.807, 2.05) is 19.2 Å². The normalized spacial score (nSPS) is 16.3. The van der Waals surface area contributed by atoms with Gasteiger partial charge in [0.05, 0.1) is 0 Å². The Hall–Kier alpha value is -2.08. The molecule has 6 heteroatoms. The first-order chi connectivity index (χ1) is 10.8. The van der Waals surface area contributed by atoms with Crippen molar-refractivity contribution in [1.82, 2.24) is 14.3 Å². The summed E-state index contributed by atoms with van der Waals surface area (Å²) in [6, 6.07) is 8.23. The Kier molecular flexibility index (Phi) is 3.46. The minimum absolute atomic E-state index is 0.269. The van der Waals surface area contributed by atoms with Gasteiger partial charge in [0, 0.05) is 54.6 Å². The van der Waals surface area contributed by atoms with E-state index in [0.717, 1.165) is 53.5 Å². The Labute approximate surface area is 133 Å². The van der Waals surface area contributed by atoms with Crippen LogP contribution in [0.3, 0.4) is 0 Å². The van der Waals surface area contributed by atoms with Crippen molar-refractivity contribution in [3.8, 4) is 5.75 Å². The van der Waals surface area contributed by atoms with E-state index in [4.69, 9.17) is 4.74 Å². The average molecular weight is 314 g/mol. The summed E-state index contributed by atoms with van der Waals surface area (Å²) in [5.41, 5.74) is 1.12. The van der Waals surface area contributed by atoms with Crippen LogP contribution < -0.4 is 9.64 Å². The van der Waals surface area contributed by atoms with Crippen LogP contribution in [0.25, 0.3) is 10.9 Å². The molecule has 1 fully saturated rings. The maximum absolute atomic E-state index is 6.24. The number of ether oxygens (including phenoxy) is 1. The first kappa shape index (κ1) is 13.6. The lowest BCUT2D eigenvalue weighted by molar-refractivity contribution is 0.173. The van der Waals surface area contributed by atoms with Crippen molar-refractivity contribution in [3.63, 3.8) is 0 Å². The van der Waals surface area contributed by atoms with Crippen molar-refractivity contribution in [2.75, 3.05) is 18.0 Å². The molecule has 2 aromatic heterocycles. The van der Waals surface area contributed by atoms with Gasteiger partial charge in [-0.2, -0.15) is 4.37 Å². The van der Waals surface area contributed by atoms with E-state index in [2.05, 4.69) is 37.4 Å². The number of aryl methyl sites for hydroxylation is 1. The molecule has 5 nitrogen and oxygen atoms in total. The molecule has 0 bridgehead atoms. The van der Waals surface area contributed by atoms with Crippen LogP contribution >= 0.6 is 11.5 Å². The number of fused-ring (bicyclic) bond motifs is 1. The number of piperidine rings is 1. The maximum Gasteiger partial charge on any atom is 0.205 e. The predicted octanol–water partition coefficient (Wildman–Crippen LogP) is 3.38. The van der Waals surface area contributed by atoms with Crippen molar-refractivity contribution >= 4 is 27.6 Å². The summed E-state index contributed by atoms with van der Waals surface area (Å²) in [6.45, 7) is 3.89. The summed E-state index contributed by atoms with van der Waals surface area (Å²) in [6.07, 6.45) is 4.25. The van der Waals surface area contributed by atoms with Gasteiger partial charge in [-0.1, -0.05) is 6.07 Å². The standard InChI is InChI=1S/C16H18N4OS/c1-11-18-16(22-19-11)20-9-6-12(7-10-20)21-15-4-2-3-14-13(15)5-8-17-14/h2-5,8,12,17H,6-7,9-10H2,1H3. The predicted molar refractivity (Wildman–Crippen MR) is 88.8 cm³/mol. The molecule has 1 saturated heterocycles. The molecule has 3 aromatic rings. The van der Waals surface area contributed by atoms with Crippen LogP contribution in [-0.4, -0.2) is 33.5 Å². The Morgan fingerprint density at radius 1 is 1.27 bits per heavy atom. The molecule has 22 heavy (non-hydrogen) atoms. The number of benzene rings is 1. The number of aromatic nitrogens is 3. The Balaban J connectivity index is 1.43. The van der Waals surface area contributed by atoms with E-state index >= 15 is 0 Å². The molecule has 0 amide bonds. The molecule has 1 N–H and O–H groups in total. The fourth-order valence-corrected chi connectivity index (χ4v) is 3.64. The number of aromatic amines is 1. The van der Waals surface area contributed by atoms with E-state index < -0.39 is 0 Å². The minimum Gasteiger partial charge on any atom is -0.490 e. The molecule has 3 heterocycles. The monoisotopic (exact) mass is 314 g/mol. The lowest BCUT2D eigenvalue weighted by Gasteiger charge is -2.31. The van der Waals surface area contributed by atoms with Crippen molar-refractivity contribution in [1.29, 1.82) is 0 Å². The molecule has 1 aliphatic rings. The topological polar surface area (TPSA) is 54.0 Å². The van der Waals surface area contributed by atoms with Crippen LogP contribution in [0.1, 0.15) is 18.7 Å². The first-order valence-electron chi connectivity index (χ1n) is 7.57. The van der Waals surface area contributed by atoms with E-state index in [-0.39, 0.29) is 6.10 Å². The van der Waals surface area contributed by atoms with Gasteiger partial charge in [-0.05, 0) is 25.1 Å². The molecule has 114 valence electrons. The zero-order valence-corrected chi connectivity index (χ0v) is 13.3. The summed E-state index contributed by atoms with van der Waals surface area (Å²) in [5.74, 6) is 1.83. The molecule has 0 aliphatic carbocycles. The smallest absolute Gasteiger partial charge is 0.205 e. The van der Waals surface area contributed by atoms with Crippen molar-refractivity contribution in [3.05, 3.63) is 36.3 Å². The van der Waals surface area contributed by atoms with Crippen LogP contribution in [0.2, 0.25) is 0 Å². The fraction of sp³-hybridized carbons (Fsp3) is 0.375. The molecular formula is C16H18N4OS. The first-order valence-corrected chi connectivity index (χ1v) is 8.35. The summed E-state index contributed by atoms with van der Waals surface area (Å²) in [7, 11) is 0. The van der Waals surface area contributed by atoms with E-state index in [1.54, 1.807) is 0 Å². The third-order valence-corrected chi connectivity index (χ3v) is 4.95. The molecule has 1 aromatic carbocycles. The second-order valence-corrected chi connectivity index (χ2v) is 6.35. The molecule has 0 unspecified atom stereocenters. The average Bonchev–Trinajstić information content (AvgIpc) is 3.17. The van der Waals surface area contributed by atoms with Gasteiger partial charge in [-0.15, -0.1) is 0 Å². The van der Waals surface area contributed by atoms with Crippen LogP contribution in [0.5, 0.6) is 5.75 Å². The van der Waals surface area contributed by atoms with Crippen LogP contribution in [0, 0.1) is 6.92 Å². The Morgan fingerprint density at radius 2 is 2.14 bits per heavy atom. The SMILES string of the molecule is Cc1nsc(N2CCC(Oc3cccc4[nH]ccc34)CC2)n1. The summed E-state index contributed by atoms with van der Waals surface area (Å²) in [4.78, 5) is 10.00. The van der Waals surface area contributed by atoms with Crippen LogP contribution in [0.4, 0.5) is 5.13 Å². The Bertz CT molecular complexity index is 773. The molecular weight excluding hydrogens is 296 g/mol. The number of anilines is 1. The van der Waals surface area contributed by atoms with Crippen LogP contribution in [0.15, 0.2) is 30.5 Å². The van der Waals surface area contributed by atoms with E-state index in [0.29, 0.717) is 0 Å². The van der Waals surface area contributed by atoms with Gasteiger partial charge >= 0.3 is 0 Å². The van der Waals surface area contributed by atoms with Gasteiger partial charge in [-0.25, -0.2) is 4.98 Å². The van der Waals surface area contributed by atoms with Crippen molar-refractivity contribution in [2.45, 2.75) is 25.9 Å². The van der Waals surface area contributed by atoms with Gasteiger partial charge in [0.1, 0.15) is 17.7 Å². The zero-order valence-electron chi connectivity index (χ0n) is 12.5. The van der Waals surface area contributed by atoms with Gasteiger partial charge in [0.25, 0.3) is 0 Å². The highest BCUT2D eigenvalue weighted by atomic mass is 32.1. The fourth-order valence-electron chi connectivity index (χ4n) is 2.92. The molecule has 0 spiro atoms. The second-order valence-electron chi connectivity index (χ2n) is 5.62. The third kappa shape index (κ3) is 2.54. The quantitative estimate of drug-likeness (QED) is 0.805. The van der Waals surface area contributed by atoms with E-state index in [9.17, 15) is 0 Å². The van der Waals surface area contributed by atoms with Crippen molar-refractivity contribution < 1.29 is 4.74 Å². The van der Waals surface area contributed by atoms with Gasteiger partial charge in [-0.3, -0.25) is 0 Å². The van der Waals surface area contributed by atoms with Crippen molar-refractivity contribution in [2.24, 2.45) is 0 Å². The summed E-state index contributed by atoms with van der Waals surface area (Å²) in [5, 5.41) is 2.19. The number of rotatable bonds is 3. The molecule has 1 aliphatic heterocycles. The highest BCUT2D eigenvalue weighted by Gasteiger charge is 2.23. The number of hydrogen-bond acceptors (Lipinski definition) is 5. The number of hydrogen-bond donors (Lipinski definition) is 1.